The van der Waals surface area contributed by atoms with Crippen molar-refractivity contribution in [3.63, 3.8) is 0 Å². The number of hydrogen-bond acceptors (Lipinski definition) is 5. The summed E-state index contributed by atoms with van der Waals surface area (Å²) in [5.74, 6) is -0.501. The van der Waals surface area contributed by atoms with Crippen molar-refractivity contribution in [2.45, 2.75) is 10.9 Å². The summed E-state index contributed by atoms with van der Waals surface area (Å²) < 4.78 is 36.5. The molecule has 6 nitrogen and oxygen atoms in total. The van der Waals surface area contributed by atoms with Gasteiger partial charge in [-0.05, 0) is 42.0 Å². The van der Waals surface area contributed by atoms with Crippen LogP contribution >= 0.6 is 12.4 Å². The van der Waals surface area contributed by atoms with Crippen LogP contribution in [0.5, 0.6) is 0 Å². The fourth-order valence-corrected chi connectivity index (χ4v) is 3.78. The molecule has 9 heteroatoms. The molecule has 2 aromatic carbocycles. The number of benzene rings is 2. The molecule has 0 radical (unpaired) electrons. The molecular formula is C19H23ClFN3O3S. The summed E-state index contributed by atoms with van der Waals surface area (Å²) in [5, 5.41) is 6.05. The van der Waals surface area contributed by atoms with Gasteiger partial charge in [0.05, 0.1) is 11.4 Å². The lowest BCUT2D eigenvalue weighted by atomic mass is 10.0. The second-order valence-corrected chi connectivity index (χ2v) is 8.61. The molecule has 3 rings (SSSR count). The molecule has 0 aromatic heterocycles. The summed E-state index contributed by atoms with van der Waals surface area (Å²) in [6.07, 6.45) is 1.14. The highest BCUT2D eigenvalue weighted by Crippen LogP contribution is 2.23. The van der Waals surface area contributed by atoms with Crippen molar-refractivity contribution in [2.75, 3.05) is 37.8 Å². The molecule has 0 spiro atoms. The van der Waals surface area contributed by atoms with Crippen LogP contribution in [0.1, 0.15) is 11.6 Å². The van der Waals surface area contributed by atoms with Crippen LogP contribution in [-0.4, -0.2) is 51.7 Å². The Balaban J connectivity index is 0.00000280. The third-order valence-corrected chi connectivity index (χ3v) is 5.63. The molecule has 2 N–H and O–H groups in total. The molecule has 1 aliphatic heterocycles. The van der Waals surface area contributed by atoms with Gasteiger partial charge in [-0.15, -0.1) is 12.4 Å². The number of sulfone groups is 1. The number of piperazine rings is 1. The smallest absolute Gasteiger partial charge is 0.238 e. The minimum absolute atomic E-state index is 0. The van der Waals surface area contributed by atoms with E-state index in [1.54, 1.807) is 18.2 Å². The molecule has 0 saturated carbocycles. The first-order chi connectivity index (χ1) is 12.8. The molecule has 0 bridgehead atoms. The third kappa shape index (κ3) is 5.75. The summed E-state index contributed by atoms with van der Waals surface area (Å²) in [7, 11) is -3.27. The van der Waals surface area contributed by atoms with E-state index in [9.17, 15) is 17.6 Å². The maximum absolute atomic E-state index is 13.6. The largest absolute Gasteiger partial charge is 0.325 e. The summed E-state index contributed by atoms with van der Waals surface area (Å²) >= 11 is 0. The number of nitrogens with zero attached hydrogens (tertiary/aromatic N) is 1. The number of nitrogens with one attached hydrogen (secondary N) is 2. The van der Waals surface area contributed by atoms with Crippen molar-refractivity contribution in [3.05, 3.63) is 59.9 Å². The number of anilines is 1. The van der Waals surface area contributed by atoms with Gasteiger partial charge in [0, 0.05) is 37.6 Å². The van der Waals surface area contributed by atoms with E-state index in [0.29, 0.717) is 18.8 Å². The Labute approximate surface area is 170 Å². The van der Waals surface area contributed by atoms with E-state index >= 15 is 0 Å². The molecule has 1 unspecified atom stereocenters. The quantitative estimate of drug-likeness (QED) is 0.765. The van der Waals surface area contributed by atoms with Crippen molar-refractivity contribution < 1.29 is 17.6 Å². The predicted molar refractivity (Wildman–Crippen MR) is 109 cm³/mol. The van der Waals surface area contributed by atoms with Crippen LogP contribution in [0.4, 0.5) is 10.1 Å². The normalized spacial score (nSPS) is 17.6. The average Bonchev–Trinajstić information content (AvgIpc) is 2.62. The second kappa shape index (κ2) is 9.47. The van der Waals surface area contributed by atoms with Crippen LogP contribution in [0.2, 0.25) is 0 Å². The van der Waals surface area contributed by atoms with Crippen LogP contribution in [0.3, 0.4) is 0 Å². The summed E-state index contributed by atoms with van der Waals surface area (Å²) in [4.78, 5) is 14.6. The first-order valence-electron chi connectivity index (χ1n) is 8.63. The van der Waals surface area contributed by atoms with E-state index in [-0.39, 0.29) is 41.6 Å². The Hall–Kier alpha value is -2.00. The zero-order valence-electron chi connectivity index (χ0n) is 15.4. The van der Waals surface area contributed by atoms with Gasteiger partial charge < -0.3 is 10.6 Å². The monoisotopic (exact) mass is 427 g/mol. The fraction of sp³-hybridized carbons (Fsp3) is 0.316. The summed E-state index contributed by atoms with van der Waals surface area (Å²) in [6, 6.07) is 12.4. The SMILES string of the molecule is CS(=O)(=O)c1ccc(NC(=O)CN2CCNCC2c2cccc(F)c2)cc1.Cl. The van der Waals surface area contributed by atoms with Crippen molar-refractivity contribution in [3.8, 4) is 0 Å². The lowest BCUT2D eigenvalue weighted by Crippen LogP contribution is -2.48. The highest BCUT2D eigenvalue weighted by atomic mass is 35.5. The predicted octanol–water partition coefficient (Wildman–Crippen LogP) is 2.24. The summed E-state index contributed by atoms with van der Waals surface area (Å²) in [6.45, 7) is 2.22. The van der Waals surface area contributed by atoms with E-state index < -0.39 is 9.84 Å². The van der Waals surface area contributed by atoms with E-state index in [1.165, 1.54) is 24.3 Å². The molecule has 2 aromatic rings. The number of carbonyl (C=O) groups is 1. The standard InChI is InChI=1S/C19H22FN3O3S.ClH/c1-27(25,26)17-7-5-16(6-8-17)22-19(24)13-23-10-9-21-12-18(23)14-3-2-4-15(20)11-14;/h2-8,11,18,21H,9-10,12-13H2,1H3,(H,22,24);1H. The van der Waals surface area contributed by atoms with Gasteiger partial charge in [-0.2, -0.15) is 0 Å². The molecule has 28 heavy (non-hydrogen) atoms. The molecule has 1 aliphatic rings. The van der Waals surface area contributed by atoms with E-state index in [4.69, 9.17) is 0 Å². The number of amides is 1. The Morgan fingerprint density at radius 2 is 1.96 bits per heavy atom. The minimum Gasteiger partial charge on any atom is -0.325 e. The van der Waals surface area contributed by atoms with Gasteiger partial charge >= 0.3 is 0 Å². The first kappa shape index (κ1) is 22.3. The van der Waals surface area contributed by atoms with Crippen molar-refractivity contribution in [1.29, 1.82) is 0 Å². The minimum atomic E-state index is -3.27. The lowest BCUT2D eigenvalue weighted by Gasteiger charge is -2.36. The third-order valence-electron chi connectivity index (χ3n) is 4.50. The number of rotatable bonds is 5. The van der Waals surface area contributed by atoms with Crippen LogP contribution in [0.15, 0.2) is 53.4 Å². The van der Waals surface area contributed by atoms with E-state index in [1.807, 2.05) is 11.0 Å². The summed E-state index contributed by atoms with van der Waals surface area (Å²) in [5.41, 5.74) is 1.36. The Kier molecular flexibility index (Phi) is 7.54. The molecular weight excluding hydrogens is 405 g/mol. The topological polar surface area (TPSA) is 78.5 Å². The highest BCUT2D eigenvalue weighted by molar-refractivity contribution is 7.90. The lowest BCUT2D eigenvalue weighted by molar-refractivity contribution is -0.118. The first-order valence-corrected chi connectivity index (χ1v) is 10.5. The second-order valence-electron chi connectivity index (χ2n) is 6.59. The van der Waals surface area contributed by atoms with Crippen LogP contribution < -0.4 is 10.6 Å². The highest BCUT2D eigenvalue weighted by Gasteiger charge is 2.25. The van der Waals surface area contributed by atoms with Gasteiger partial charge in [0.25, 0.3) is 0 Å². The van der Waals surface area contributed by atoms with Gasteiger partial charge in [0.2, 0.25) is 5.91 Å². The fourth-order valence-electron chi connectivity index (χ4n) is 3.15. The molecule has 1 fully saturated rings. The molecule has 1 atom stereocenters. The van der Waals surface area contributed by atoms with E-state index in [0.717, 1.165) is 18.4 Å². The molecule has 1 amide bonds. The van der Waals surface area contributed by atoms with Gasteiger partial charge in [0.1, 0.15) is 5.82 Å². The van der Waals surface area contributed by atoms with Crippen molar-refractivity contribution in [2.24, 2.45) is 0 Å². The average molecular weight is 428 g/mol. The number of hydrogen-bond donors (Lipinski definition) is 2. The van der Waals surface area contributed by atoms with Gasteiger partial charge in [-0.3, -0.25) is 9.69 Å². The van der Waals surface area contributed by atoms with Gasteiger partial charge in [-0.25, -0.2) is 12.8 Å². The number of halogens is 2. The maximum atomic E-state index is 13.6. The van der Waals surface area contributed by atoms with Crippen LogP contribution in [0, 0.1) is 5.82 Å². The molecule has 0 aliphatic carbocycles. The van der Waals surface area contributed by atoms with E-state index in [2.05, 4.69) is 10.6 Å². The molecule has 1 heterocycles. The van der Waals surface area contributed by atoms with Crippen molar-refractivity contribution in [1.82, 2.24) is 10.2 Å². The van der Waals surface area contributed by atoms with Crippen LogP contribution in [0.25, 0.3) is 0 Å². The molecule has 152 valence electrons. The number of carbonyl (C=O) groups excluding carboxylic acids is 1. The maximum Gasteiger partial charge on any atom is 0.238 e. The van der Waals surface area contributed by atoms with Crippen molar-refractivity contribution >= 4 is 33.8 Å². The Morgan fingerprint density at radius 1 is 1.25 bits per heavy atom. The zero-order valence-corrected chi connectivity index (χ0v) is 17.0. The van der Waals surface area contributed by atoms with Crippen LogP contribution in [-0.2, 0) is 14.6 Å². The van der Waals surface area contributed by atoms with Gasteiger partial charge in [-0.1, -0.05) is 12.1 Å². The Morgan fingerprint density at radius 3 is 2.61 bits per heavy atom. The zero-order chi connectivity index (χ0) is 19.4. The van der Waals surface area contributed by atoms with Gasteiger partial charge in [0.15, 0.2) is 9.84 Å². The molecule has 1 saturated heterocycles. The Bertz CT molecular complexity index is 922.